The van der Waals surface area contributed by atoms with Gasteiger partial charge in [0.2, 0.25) is 0 Å². The van der Waals surface area contributed by atoms with Crippen molar-refractivity contribution in [1.82, 2.24) is 0 Å². The molecule has 0 aliphatic heterocycles. The quantitative estimate of drug-likeness (QED) is 0.664. The summed E-state index contributed by atoms with van der Waals surface area (Å²) in [6.45, 7) is 4.28. The molecule has 0 fully saturated rings. The van der Waals surface area contributed by atoms with Gasteiger partial charge in [-0.25, -0.2) is 0 Å². The van der Waals surface area contributed by atoms with Gasteiger partial charge in [0.25, 0.3) is 0 Å². The number of hydrogen-bond donors (Lipinski definition) is 1. The number of rotatable bonds is 2. The van der Waals surface area contributed by atoms with Gasteiger partial charge in [-0.3, -0.25) is 5.73 Å². The summed E-state index contributed by atoms with van der Waals surface area (Å²) in [5.41, 5.74) is 5.41. The van der Waals surface area contributed by atoms with Crippen molar-refractivity contribution in [2.24, 2.45) is 5.92 Å². The highest BCUT2D eigenvalue weighted by molar-refractivity contribution is 5.20. The third kappa shape index (κ3) is 1.76. The average molecular weight is 141 g/mol. The Labute approximate surface area is 60.2 Å². The molecule has 1 heterocycles. The molecule has 0 spiro atoms. The van der Waals surface area contributed by atoms with Gasteiger partial charge in [0.15, 0.2) is 5.76 Å². The molecule has 3 heteroatoms. The zero-order valence-corrected chi connectivity index (χ0v) is 6.35. The van der Waals surface area contributed by atoms with Crippen molar-refractivity contribution in [3.63, 3.8) is 0 Å². The molecule has 0 radical (unpaired) electrons. The first-order valence-corrected chi connectivity index (χ1v) is 3.44. The Balaban J connectivity index is 2.58. The number of nitrogen functional groups attached to an aromatic ring is 1. The zero-order chi connectivity index (χ0) is 7.56. The van der Waals surface area contributed by atoms with Gasteiger partial charge in [-0.15, -0.1) is 0 Å². The van der Waals surface area contributed by atoms with Crippen LogP contribution in [0, 0.1) is 5.92 Å². The van der Waals surface area contributed by atoms with Gasteiger partial charge in [0.05, 0.1) is 6.07 Å². The number of aromatic amines is 1. The number of aromatic nitrogens is 1. The average Bonchev–Trinajstić information content (AvgIpc) is 2.13. The van der Waals surface area contributed by atoms with Gasteiger partial charge in [-0.1, -0.05) is 19.0 Å². The molecule has 0 aliphatic rings. The van der Waals surface area contributed by atoms with Gasteiger partial charge in [0.1, 0.15) is 0 Å². The van der Waals surface area contributed by atoms with Crippen molar-refractivity contribution in [2.75, 3.05) is 5.73 Å². The normalized spacial score (nSPS) is 10.7. The van der Waals surface area contributed by atoms with Gasteiger partial charge in [-0.05, 0) is 5.92 Å². The summed E-state index contributed by atoms with van der Waals surface area (Å²) in [5, 5.41) is 2.58. The van der Waals surface area contributed by atoms with E-state index in [1.165, 1.54) is 0 Å². The van der Waals surface area contributed by atoms with Gasteiger partial charge in [0, 0.05) is 6.42 Å². The third-order valence-electron chi connectivity index (χ3n) is 1.23. The van der Waals surface area contributed by atoms with E-state index in [-0.39, 0.29) is 0 Å². The highest BCUT2D eigenvalue weighted by Gasteiger charge is 2.05. The van der Waals surface area contributed by atoms with E-state index in [1.54, 1.807) is 0 Å². The molecule has 1 aromatic heterocycles. The summed E-state index contributed by atoms with van der Waals surface area (Å²) in [4.78, 5) is 0. The van der Waals surface area contributed by atoms with Gasteiger partial charge < -0.3 is 4.52 Å². The molecule has 0 amide bonds. The second-order valence-electron chi connectivity index (χ2n) is 2.87. The molecule has 1 aromatic rings. The molecule has 0 aliphatic carbocycles. The van der Waals surface area contributed by atoms with Crippen LogP contribution >= 0.6 is 0 Å². The van der Waals surface area contributed by atoms with E-state index >= 15 is 0 Å². The Morgan fingerprint density at radius 3 is 2.80 bits per heavy atom. The fraction of sp³-hybridized carbons (Fsp3) is 0.571. The van der Waals surface area contributed by atoms with Crippen LogP contribution in [0.25, 0.3) is 0 Å². The Morgan fingerprint density at radius 2 is 2.40 bits per heavy atom. The van der Waals surface area contributed by atoms with Crippen LogP contribution in [0.5, 0.6) is 0 Å². The van der Waals surface area contributed by atoms with E-state index in [0.29, 0.717) is 11.7 Å². The number of nitrogens with two attached hydrogens (primary N) is 1. The van der Waals surface area contributed by atoms with Crippen LogP contribution in [0.3, 0.4) is 0 Å². The lowest BCUT2D eigenvalue weighted by molar-refractivity contribution is -0.598. The third-order valence-corrected chi connectivity index (χ3v) is 1.23. The Bertz CT molecular complexity index is 205. The smallest absolute Gasteiger partial charge is 0.308 e. The SMILES string of the molecule is CC(C)Cc1cc(N)[nH+]o1. The molecule has 0 saturated carbocycles. The lowest BCUT2D eigenvalue weighted by atomic mass is 10.1. The van der Waals surface area contributed by atoms with E-state index in [9.17, 15) is 0 Å². The molecule has 3 N–H and O–H groups in total. The minimum atomic E-state index is 0.593. The lowest BCUT2D eigenvalue weighted by Crippen LogP contribution is -2.02. The zero-order valence-electron chi connectivity index (χ0n) is 6.35. The molecular formula is C7H13N2O+. The van der Waals surface area contributed by atoms with Crippen LogP contribution in [0.1, 0.15) is 19.6 Å². The summed E-state index contributed by atoms with van der Waals surface area (Å²) in [5.74, 6) is 2.13. The van der Waals surface area contributed by atoms with Crippen molar-refractivity contribution in [2.45, 2.75) is 20.3 Å². The van der Waals surface area contributed by atoms with Crippen LogP contribution in [-0.4, -0.2) is 0 Å². The number of H-pyrrole nitrogens is 1. The molecule has 0 atom stereocenters. The number of nitrogens with one attached hydrogen (secondary N) is 1. The maximum Gasteiger partial charge on any atom is 0.308 e. The van der Waals surface area contributed by atoms with Crippen molar-refractivity contribution >= 4 is 5.82 Å². The maximum atomic E-state index is 5.41. The van der Waals surface area contributed by atoms with Crippen molar-refractivity contribution < 1.29 is 9.68 Å². The fourth-order valence-electron chi connectivity index (χ4n) is 0.860. The molecule has 10 heavy (non-hydrogen) atoms. The van der Waals surface area contributed by atoms with E-state index < -0.39 is 0 Å². The summed E-state index contributed by atoms with van der Waals surface area (Å²) in [6.07, 6.45) is 0.938. The maximum absolute atomic E-state index is 5.41. The molecule has 0 aromatic carbocycles. The minimum Gasteiger partial charge on any atom is -0.308 e. The van der Waals surface area contributed by atoms with Crippen LogP contribution in [0.15, 0.2) is 10.6 Å². The summed E-state index contributed by atoms with van der Waals surface area (Å²) in [7, 11) is 0. The fourth-order valence-corrected chi connectivity index (χ4v) is 0.860. The summed E-state index contributed by atoms with van der Waals surface area (Å²) < 4.78 is 5.03. The van der Waals surface area contributed by atoms with E-state index in [1.807, 2.05) is 6.07 Å². The van der Waals surface area contributed by atoms with Gasteiger partial charge in [-0.2, -0.15) is 0 Å². The topological polar surface area (TPSA) is 53.3 Å². The number of hydrogen-bond acceptors (Lipinski definition) is 2. The van der Waals surface area contributed by atoms with Crippen LogP contribution < -0.4 is 10.9 Å². The predicted molar refractivity (Wildman–Crippen MR) is 38.2 cm³/mol. The second kappa shape index (κ2) is 2.73. The molecule has 3 nitrogen and oxygen atoms in total. The first-order chi connectivity index (χ1) is 4.68. The molecule has 56 valence electrons. The summed E-state index contributed by atoms with van der Waals surface area (Å²) in [6, 6.07) is 1.82. The Kier molecular flexibility index (Phi) is 1.94. The van der Waals surface area contributed by atoms with Crippen LogP contribution in [0.4, 0.5) is 5.82 Å². The van der Waals surface area contributed by atoms with Crippen molar-refractivity contribution in [3.8, 4) is 0 Å². The lowest BCUT2D eigenvalue weighted by Gasteiger charge is -1.95. The van der Waals surface area contributed by atoms with E-state index in [0.717, 1.165) is 12.2 Å². The highest BCUT2D eigenvalue weighted by atomic mass is 16.5. The van der Waals surface area contributed by atoms with E-state index in [2.05, 4.69) is 19.0 Å². The van der Waals surface area contributed by atoms with E-state index in [4.69, 9.17) is 10.3 Å². The minimum absolute atomic E-state index is 0.593. The largest absolute Gasteiger partial charge is 0.308 e. The first kappa shape index (κ1) is 7.12. The van der Waals surface area contributed by atoms with Crippen LogP contribution in [-0.2, 0) is 6.42 Å². The monoisotopic (exact) mass is 141 g/mol. The van der Waals surface area contributed by atoms with Gasteiger partial charge >= 0.3 is 5.82 Å². The Hall–Kier alpha value is -0.990. The standard InChI is InChI=1S/C7H12N2O/c1-5(2)3-6-4-7(8)9-10-6/h4-5H,3H2,1-2H3,(H2,8,9)/p+1. The van der Waals surface area contributed by atoms with Crippen LogP contribution in [0.2, 0.25) is 0 Å². The molecule has 0 saturated heterocycles. The number of anilines is 1. The molecule has 0 bridgehead atoms. The van der Waals surface area contributed by atoms with Crippen molar-refractivity contribution in [3.05, 3.63) is 11.8 Å². The molecular weight excluding hydrogens is 128 g/mol. The molecule has 1 rings (SSSR count). The second-order valence-corrected chi connectivity index (χ2v) is 2.87. The first-order valence-electron chi connectivity index (χ1n) is 3.44. The predicted octanol–water partition coefficient (Wildman–Crippen LogP) is 0.874. The molecule has 0 unspecified atom stereocenters. The van der Waals surface area contributed by atoms with Crippen molar-refractivity contribution in [1.29, 1.82) is 0 Å². The summed E-state index contributed by atoms with van der Waals surface area (Å²) >= 11 is 0. The Morgan fingerprint density at radius 1 is 1.70 bits per heavy atom. The highest BCUT2D eigenvalue weighted by Crippen LogP contribution is 2.07.